The Balaban J connectivity index is 1.09. The molecule has 3 aromatic heterocycles. The van der Waals surface area contributed by atoms with Crippen LogP contribution in [0.25, 0.3) is 73.4 Å². The molecule has 0 spiro atoms. The van der Waals surface area contributed by atoms with Crippen molar-refractivity contribution in [2.75, 3.05) is 0 Å². The first-order valence-electron chi connectivity index (χ1n) is 16.9. The third-order valence-electron chi connectivity index (χ3n) is 9.61. The van der Waals surface area contributed by atoms with Crippen LogP contribution in [0.1, 0.15) is 16.7 Å². The van der Waals surface area contributed by atoms with Crippen molar-refractivity contribution in [3.63, 3.8) is 0 Å². The van der Waals surface area contributed by atoms with Gasteiger partial charge >= 0.3 is 0 Å². The first kappa shape index (κ1) is 29.8. The molecule has 0 fully saturated rings. The number of furan rings is 1. The minimum Gasteiger partial charge on any atom is -0.456 e. The van der Waals surface area contributed by atoms with Crippen LogP contribution in [0.2, 0.25) is 0 Å². The number of rotatable bonds is 5. The first-order valence-corrected chi connectivity index (χ1v) is 18.5. The fraction of sp³-hybridized carbons (Fsp3) is 0.0222. The molecule has 7 aromatic carbocycles. The highest BCUT2D eigenvalue weighted by Gasteiger charge is 2.16. The number of aliphatic imine (C=N–C) groups is 2. The Labute approximate surface area is 301 Å². The Morgan fingerprint density at radius 3 is 1.96 bits per heavy atom. The van der Waals surface area contributed by atoms with Gasteiger partial charge in [-0.2, -0.15) is 0 Å². The van der Waals surface area contributed by atoms with E-state index in [1.54, 1.807) is 11.3 Å². The lowest BCUT2D eigenvalue weighted by Crippen LogP contribution is -2.16. The summed E-state index contributed by atoms with van der Waals surface area (Å²) in [7, 11) is 0. The smallest absolute Gasteiger partial charge is 0.158 e. The maximum Gasteiger partial charge on any atom is 0.158 e. The molecule has 6 heteroatoms. The summed E-state index contributed by atoms with van der Waals surface area (Å²) in [5.41, 5.74) is 13.8. The van der Waals surface area contributed by atoms with Gasteiger partial charge in [0, 0.05) is 62.2 Å². The van der Waals surface area contributed by atoms with E-state index in [4.69, 9.17) is 20.1 Å². The van der Waals surface area contributed by atoms with E-state index in [9.17, 15) is 0 Å². The van der Waals surface area contributed by atoms with E-state index in [2.05, 4.69) is 121 Å². The lowest BCUT2D eigenvalue weighted by Gasteiger charge is -2.07. The number of fused-ring (bicyclic) bond motifs is 9. The van der Waals surface area contributed by atoms with Gasteiger partial charge in [-0.1, -0.05) is 103 Å². The number of hydrogen-bond donors (Lipinski definition) is 1. The maximum atomic E-state index is 6.89. The van der Waals surface area contributed by atoms with Crippen LogP contribution in [0.4, 0.5) is 0 Å². The van der Waals surface area contributed by atoms with E-state index >= 15 is 0 Å². The Kier molecular flexibility index (Phi) is 7.05. The monoisotopic (exact) mass is 691 g/mol. The molecule has 0 aliphatic carbocycles. The molecule has 2 N–H and O–H groups in total. The predicted molar refractivity (Wildman–Crippen MR) is 219 cm³/mol. The SMILES string of the molecule is NC(=NC(=NCc1ccccc1)c1cccc2c1sc1ccccc12)c1ccc2oc3ccc(-c4cccc5c4sc4ccccc45)cc3c2c1. The van der Waals surface area contributed by atoms with Crippen molar-refractivity contribution in [1.82, 2.24) is 0 Å². The quantitative estimate of drug-likeness (QED) is 0.144. The Hall–Kier alpha value is -6.08. The van der Waals surface area contributed by atoms with Gasteiger partial charge in [0.25, 0.3) is 0 Å². The molecule has 51 heavy (non-hydrogen) atoms. The molecule has 0 aliphatic rings. The van der Waals surface area contributed by atoms with E-state index in [-0.39, 0.29) is 0 Å². The summed E-state index contributed by atoms with van der Waals surface area (Å²) in [5, 5.41) is 7.06. The van der Waals surface area contributed by atoms with Crippen molar-refractivity contribution in [2.45, 2.75) is 6.54 Å². The van der Waals surface area contributed by atoms with Crippen LogP contribution in [0.5, 0.6) is 0 Å². The minimum absolute atomic E-state index is 0.405. The van der Waals surface area contributed by atoms with Gasteiger partial charge in [-0.15, -0.1) is 22.7 Å². The van der Waals surface area contributed by atoms with Gasteiger partial charge in [0.15, 0.2) is 5.84 Å². The Morgan fingerprint density at radius 1 is 0.549 bits per heavy atom. The van der Waals surface area contributed by atoms with Gasteiger partial charge in [-0.3, -0.25) is 4.99 Å². The fourth-order valence-corrected chi connectivity index (χ4v) is 9.56. The lowest BCUT2D eigenvalue weighted by molar-refractivity contribution is 0.669. The summed E-state index contributed by atoms with van der Waals surface area (Å²) in [6.45, 7) is 0.495. The second-order valence-electron chi connectivity index (χ2n) is 12.7. The average molecular weight is 692 g/mol. The number of nitrogens with two attached hydrogens (primary N) is 1. The van der Waals surface area contributed by atoms with Gasteiger partial charge in [0.05, 0.1) is 6.54 Å². The topological polar surface area (TPSA) is 63.9 Å². The zero-order chi connectivity index (χ0) is 33.9. The summed E-state index contributed by atoms with van der Waals surface area (Å²) in [6.07, 6.45) is 0. The van der Waals surface area contributed by atoms with Crippen molar-refractivity contribution >= 4 is 96.6 Å². The van der Waals surface area contributed by atoms with Crippen molar-refractivity contribution in [1.29, 1.82) is 0 Å². The molecule has 3 heterocycles. The Bertz CT molecular complexity index is 3020. The van der Waals surface area contributed by atoms with Gasteiger partial charge in [-0.05, 0) is 65.2 Å². The number of benzene rings is 7. The van der Waals surface area contributed by atoms with Gasteiger partial charge in [-0.25, -0.2) is 4.99 Å². The van der Waals surface area contributed by atoms with Crippen molar-refractivity contribution in [3.8, 4) is 11.1 Å². The zero-order valence-corrected chi connectivity index (χ0v) is 29.0. The molecule has 0 bridgehead atoms. The van der Waals surface area contributed by atoms with E-state index < -0.39 is 0 Å². The second kappa shape index (κ2) is 12.1. The molecule has 4 nitrogen and oxygen atoms in total. The molecular formula is C45H29N3OS2. The van der Waals surface area contributed by atoms with E-state index in [0.29, 0.717) is 18.2 Å². The second-order valence-corrected chi connectivity index (χ2v) is 14.8. The normalized spacial score (nSPS) is 12.7. The molecule has 0 aliphatic heterocycles. The minimum atomic E-state index is 0.405. The summed E-state index contributed by atoms with van der Waals surface area (Å²) in [5.74, 6) is 1.02. The zero-order valence-electron chi connectivity index (χ0n) is 27.3. The van der Waals surface area contributed by atoms with Crippen molar-refractivity contribution in [3.05, 3.63) is 168 Å². The lowest BCUT2D eigenvalue weighted by atomic mass is 10.00. The highest BCUT2D eigenvalue weighted by molar-refractivity contribution is 7.26. The maximum absolute atomic E-state index is 6.89. The van der Waals surface area contributed by atoms with Crippen LogP contribution in [-0.4, -0.2) is 11.7 Å². The third-order valence-corrected chi connectivity index (χ3v) is 12.0. The number of hydrogen-bond acceptors (Lipinski definition) is 4. The molecule has 242 valence electrons. The molecule has 0 atom stereocenters. The molecule has 0 amide bonds. The summed E-state index contributed by atoms with van der Waals surface area (Å²) in [6, 6.07) is 52.9. The molecule has 0 saturated carbocycles. The van der Waals surface area contributed by atoms with E-state index in [1.807, 2.05) is 41.7 Å². The Morgan fingerprint density at radius 2 is 1.18 bits per heavy atom. The van der Waals surface area contributed by atoms with Crippen LogP contribution in [0, 0.1) is 0 Å². The van der Waals surface area contributed by atoms with Crippen molar-refractivity contribution < 1.29 is 4.42 Å². The van der Waals surface area contributed by atoms with Crippen LogP contribution in [0.15, 0.2) is 166 Å². The molecule has 10 rings (SSSR count). The first-order chi connectivity index (χ1) is 25.2. The van der Waals surface area contributed by atoms with Crippen LogP contribution in [-0.2, 0) is 6.54 Å². The van der Waals surface area contributed by atoms with E-state index in [1.165, 1.54) is 41.2 Å². The fourth-order valence-electron chi connectivity index (χ4n) is 7.11. The number of amidine groups is 2. The summed E-state index contributed by atoms with van der Waals surface area (Å²) in [4.78, 5) is 10.1. The average Bonchev–Trinajstić information content (AvgIpc) is 3.87. The van der Waals surface area contributed by atoms with Crippen molar-refractivity contribution in [2.24, 2.45) is 15.7 Å². The third kappa shape index (κ3) is 5.11. The molecular weight excluding hydrogens is 663 g/mol. The predicted octanol–water partition coefficient (Wildman–Crippen LogP) is 12.3. The van der Waals surface area contributed by atoms with Crippen LogP contribution >= 0.6 is 22.7 Å². The number of nitrogens with zero attached hydrogens (tertiary/aromatic N) is 2. The standard InChI is InChI=1S/C45H29N3OS2/c46-44(48-45(47-26-27-10-2-1-3-11-27)35-17-9-16-34-32-13-5-7-19-41(32)51-43(34)35)29-21-23-39-37(25-29)36-24-28(20-22-38(36)49-39)30-14-8-15-33-31-12-4-6-18-40(31)50-42(30)33/h1-25H,26H2,(H2,46,47,48). The molecule has 0 unspecified atom stereocenters. The van der Waals surface area contributed by atoms with Gasteiger partial charge in [0.2, 0.25) is 0 Å². The number of thiophene rings is 2. The highest BCUT2D eigenvalue weighted by Crippen LogP contribution is 2.41. The van der Waals surface area contributed by atoms with Crippen LogP contribution < -0.4 is 5.73 Å². The van der Waals surface area contributed by atoms with E-state index in [0.717, 1.165) is 48.9 Å². The van der Waals surface area contributed by atoms with Crippen LogP contribution in [0.3, 0.4) is 0 Å². The van der Waals surface area contributed by atoms with Gasteiger partial charge < -0.3 is 10.2 Å². The molecule has 10 aromatic rings. The summed E-state index contributed by atoms with van der Waals surface area (Å²) < 4.78 is 11.3. The van der Waals surface area contributed by atoms with Gasteiger partial charge in [0.1, 0.15) is 17.0 Å². The molecule has 0 radical (unpaired) electrons. The molecule has 0 saturated heterocycles. The summed E-state index contributed by atoms with van der Waals surface area (Å²) >= 11 is 3.61. The largest absolute Gasteiger partial charge is 0.456 e. The highest BCUT2D eigenvalue weighted by atomic mass is 32.1.